The van der Waals surface area contributed by atoms with Gasteiger partial charge in [0.1, 0.15) is 0 Å². The van der Waals surface area contributed by atoms with Gasteiger partial charge >= 0.3 is 0 Å². The Kier molecular flexibility index (Phi) is 7.46. The van der Waals surface area contributed by atoms with Gasteiger partial charge in [-0.1, -0.05) is 158 Å². The van der Waals surface area contributed by atoms with E-state index in [1.54, 1.807) is 0 Å². The number of nitrogens with zero attached hydrogens (tertiary/aromatic N) is 2. The number of thiophene rings is 1. The zero-order valence-corrected chi connectivity index (χ0v) is 33.4. The van der Waals surface area contributed by atoms with Crippen LogP contribution in [0.2, 0.25) is 0 Å². The van der Waals surface area contributed by atoms with Crippen LogP contribution < -0.4 is 20.7 Å². The zero-order chi connectivity index (χ0) is 38.2. The van der Waals surface area contributed by atoms with Gasteiger partial charge in [0, 0.05) is 53.1 Å². The molecule has 0 aliphatic heterocycles. The van der Waals surface area contributed by atoms with Gasteiger partial charge in [-0.15, -0.1) is 11.3 Å². The van der Waals surface area contributed by atoms with Crippen LogP contribution in [-0.2, 0) is 0 Å². The highest BCUT2D eigenvalue weighted by Gasteiger charge is 2.43. The van der Waals surface area contributed by atoms with Crippen molar-refractivity contribution in [3.63, 3.8) is 0 Å². The fraction of sp³-hybridized carbons (Fsp3) is 0. The molecule has 0 radical (unpaired) electrons. The smallest absolute Gasteiger partial charge is 0.180 e. The quantitative estimate of drug-likeness (QED) is 0.118. The Hall–Kier alpha value is -6.98. The van der Waals surface area contributed by atoms with Gasteiger partial charge in [0.2, 0.25) is 0 Å². The van der Waals surface area contributed by atoms with Gasteiger partial charge in [-0.2, -0.15) is 0 Å². The SMILES string of the molecule is c1ccc(-n2c3ccccc3c3c([Si](c4ccccc4)(c4ccccc4)c4ccc(-n5c6ccccc6c6cc7c(cc65)sc5ccccc57)cc4)cccc32)cc1. The van der Waals surface area contributed by atoms with E-state index in [0.29, 0.717) is 0 Å². The number of aromatic nitrogens is 2. The van der Waals surface area contributed by atoms with Gasteiger partial charge in [-0.25, -0.2) is 0 Å². The first kappa shape index (κ1) is 33.2. The molecule has 0 atom stereocenters. The van der Waals surface area contributed by atoms with Crippen LogP contribution in [0.25, 0.3) is 75.2 Å². The largest absolute Gasteiger partial charge is 0.309 e. The van der Waals surface area contributed by atoms with Gasteiger partial charge in [0.05, 0.1) is 22.1 Å². The first-order valence-corrected chi connectivity index (χ1v) is 22.8. The van der Waals surface area contributed by atoms with Crippen LogP contribution in [-0.4, -0.2) is 17.2 Å². The summed E-state index contributed by atoms with van der Waals surface area (Å²) in [7, 11) is -2.96. The maximum atomic E-state index is 2.47. The van der Waals surface area contributed by atoms with Gasteiger partial charge in [0.15, 0.2) is 8.07 Å². The minimum atomic E-state index is -2.96. The minimum absolute atomic E-state index is 1.17. The monoisotopic (exact) mass is 772 g/mol. The fourth-order valence-electron chi connectivity index (χ4n) is 9.86. The topological polar surface area (TPSA) is 9.86 Å². The molecule has 272 valence electrons. The number of para-hydroxylation sites is 3. The van der Waals surface area contributed by atoms with Crippen LogP contribution in [0.15, 0.2) is 218 Å². The highest BCUT2D eigenvalue weighted by atomic mass is 32.1. The highest BCUT2D eigenvalue weighted by Crippen LogP contribution is 2.40. The number of rotatable bonds is 6. The van der Waals surface area contributed by atoms with Crippen molar-refractivity contribution in [2.24, 2.45) is 0 Å². The molecule has 12 rings (SSSR count). The Balaban J connectivity index is 1.15. The molecule has 12 aromatic rings. The van der Waals surface area contributed by atoms with Crippen molar-refractivity contribution < 1.29 is 0 Å². The fourth-order valence-corrected chi connectivity index (χ4v) is 15.9. The van der Waals surface area contributed by atoms with Gasteiger partial charge in [-0.05, 0) is 81.4 Å². The molecule has 0 aliphatic carbocycles. The van der Waals surface area contributed by atoms with E-state index in [1.165, 1.54) is 95.9 Å². The van der Waals surface area contributed by atoms with E-state index in [2.05, 4.69) is 228 Å². The molecule has 58 heavy (non-hydrogen) atoms. The summed E-state index contributed by atoms with van der Waals surface area (Å²) in [6.07, 6.45) is 0. The lowest BCUT2D eigenvalue weighted by Gasteiger charge is -2.35. The average molecular weight is 773 g/mol. The third kappa shape index (κ3) is 4.76. The summed E-state index contributed by atoms with van der Waals surface area (Å²) >= 11 is 1.88. The second-order valence-electron chi connectivity index (χ2n) is 15.2. The zero-order valence-electron chi connectivity index (χ0n) is 31.6. The predicted octanol–water partition coefficient (Wildman–Crippen LogP) is 11.6. The van der Waals surface area contributed by atoms with Crippen molar-refractivity contribution in [2.45, 2.75) is 0 Å². The molecule has 0 fully saturated rings. The molecule has 0 amide bonds. The van der Waals surface area contributed by atoms with Crippen molar-refractivity contribution >= 4 is 104 Å². The lowest BCUT2D eigenvalue weighted by Crippen LogP contribution is -2.74. The molecule has 0 saturated heterocycles. The molecule has 0 spiro atoms. The van der Waals surface area contributed by atoms with Crippen LogP contribution in [0.4, 0.5) is 0 Å². The van der Waals surface area contributed by atoms with Crippen molar-refractivity contribution in [1.82, 2.24) is 9.13 Å². The summed E-state index contributed by atoms with van der Waals surface area (Å²) < 4.78 is 7.57. The summed E-state index contributed by atoms with van der Waals surface area (Å²) in [5.74, 6) is 0. The molecule has 4 heteroatoms. The highest BCUT2D eigenvalue weighted by molar-refractivity contribution is 7.26. The van der Waals surface area contributed by atoms with Crippen LogP contribution >= 0.6 is 11.3 Å². The van der Waals surface area contributed by atoms with Gasteiger partial charge < -0.3 is 9.13 Å². The average Bonchev–Trinajstić information content (AvgIpc) is 3.95. The Morgan fingerprint density at radius 2 is 0.828 bits per heavy atom. The van der Waals surface area contributed by atoms with Crippen LogP contribution in [0.1, 0.15) is 0 Å². The van der Waals surface area contributed by atoms with E-state index in [0.717, 1.165) is 0 Å². The molecule has 0 aliphatic rings. The molecule has 0 unspecified atom stereocenters. The summed E-state index contributed by atoms with van der Waals surface area (Å²) in [5, 5.41) is 13.3. The van der Waals surface area contributed by atoms with Gasteiger partial charge in [0.25, 0.3) is 0 Å². The predicted molar refractivity (Wildman–Crippen MR) is 252 cm³/mol. The van der Waals surface area contributed by atoms with Crippen LogP contribution in [0, 0.1) is 0 Å². The van der Waals surface area contributed by atoms with Crippen LogP contribution in [0.3, 0.4) is 0 Å². The van der Waals surface area contributed by atoms with Gasteiger partial charge in [-0.3, -0.25) is 0 Å². The van der Waals surface area contributed by atoms with Crippen molar-refractivity contribution in [3.05, 3.63) is 218 Å². The first-order chi connectivity index (χ1) is 28.8. The minimum Gasteiger partial charge on any atom is -0.309 e. The van der Waals surface area contributed by atoms with Crippen molar-refractivity contribution in [2.75, 3.05) is 0 Å². The molecule has 9 aromatic carbocycles. The standard InChI is InChI=1S/C54H36N2SSi/c1-4-17-37(18-5-1)55-48-27-14-11-25-44(48)54-49(55)28-16-30-53(54)58(39-19-6-2-7-20-39,40-21-8-3-9-22-40)41-33-31-38(32-34-41)56-47-26-13-10-23-42(47)45-35-46-43-24-12-15-29-51(43)57-52(46)36-50(45)56/h1-36H. The second-order valence-corrected chi connectivity index (χ2v) is 20.1. The van der Waals surface area contributed by atoms with E-state index in [-0.39, 0.29) is 0 Å². The molecular weight excluding hydrogens is 737 g/mol. The molecular formula is C54H36N2SSi. The maximum absolute atomic E-state index is 2.96. The van der Waals surface area contributed by atoms with E-state index < -0.39 is 8.07 Å². The normalized spacial score (nSPS) is 12.1. The molecule has 3 aromatic heterocycles. The summed E-state index contributed by atoms with van der Waals surface area (Å²) in [6, 6.07) is 81.5. The molecule has 3 heterocycles. The third-order valence-electron chi connectivity index (χ3n) is 12.3. The van der Waals surface area contributed by atoms with E-state index in [4.69, 9.17) is 0 Å². The molecule has 0 N–H and O–H groups in total. The summed E-state index contributed by atoms with van der Waals surface area (Å²) in [6.45, 7) is 0. The van der Waals surface area contributed by atoms with Crippen molar-refractivity contribution in [3.8, 4) is 11.4 Å². The Bertz CT molecular complexity index is 3450. The number of fused-ring (bicyclic) bond motifs is 9. The summed E-state index contributed by atoms with van der Waals surface area (Å²) in [5.41, 5.74) is 7.23. The number of hydrogen-bond donors (Lipinski definition) is 0. The Morgan fingerprint density at radius 3 is 1.53 bits per heavy atom. The number of benzene rings is 9. The van der Waals surface area contributed by atoms with E-state index in [9.17, 15) is 0 Å². The second kappa shape index (κ2) is 13.0. The van der Waals surface area contributed by atoms with E-state index >= 15 is 0 Å². The molecule has 0 saturated carbocycles. The molecule has 2 nitrogen and oxygen atoms in total. The van der Waals surface area contributed by atoms with Crippen LogP contribution in [0.5, 0.6) is 0 Å². The lowest BCUT2D eigenvalue weighted by atomic mass is 10.1. The van der Waals surface area contributed by atoms with E-state index in [1.807, 2.05) is 11.3 Å². The Morgan fingerprint density at radius 1 is 0.310 bits per heavy atom. The van der Waals surface area contributed by atoms with Crippen molar-refractivity contribution in [1.29, 1.82) is 0 Å². The maximum Gasteiger partial charge on any atom is 0.180 e. The Labute approximate surface area is 341 Å². The lowest BCUT2D eigenvalue weighted by molar-refractivity contribution is 1.18. The molecule has 0 bridgehead atoms. The summed E-state index contributed by atoms with van der Waals surface area (Å²) in [4.78, 5) is 0. The number of hydrogen-bond acceptors (Lipinski definition) is 1. The third-order valence-corrected chi connectivity index (χ3v) is 18.2. The first-order valence-electron chi connectivity index (χ1n) is 19.9.